The van der Waals surface area contributed by atoms with E-state index in [0.717, 1.165) is 11.8 Å². The van der Waals surface area contributed by atoms with Gasteiger partial charge >= 0.3 is 6.18 Å². The summed E-state index contributed by atoms with van der Waals surface area (Å²) in [7, 11) is 3.22. The van der Waals surface area contributed by atoms with Crippen LogP contribution >= 0.6 is 11.8 Å². The fourth-order valence-electron chi connectivity index (χ4n) is 2.50. The standard InChI is InChI=1S/C19H16F3N3OS/c1-25(2)17(26)15(12-8-4-3-5-9-12)27-16-13-10-6-7-11-14(13)23-18(24-16)19(20,21)22/h3-11,15H,1-2H3/t15-/m1/s1. The Morgan fingerprint density at radius 1 is 1.00 bits per heavy atom. The summed E-state index contributed by atoms with van der Waals surface area (Å²) in [5, 5.41) is -0.124. The molecule has 1 aromatic heterocycles. The van der Waals surface area contributed by atoms with Crippen LogP contribution in [0.4, 0.5) is 13.2 Å². The van der Waals surface area contributed by atoms with Gasteiger partial charge in [-0.1, -0.05) is 60.3 Å². The van der Waals surface area contributed by atoms with Gasteiger partial charge in [-0.3, -0.25) is 4.79 Å². The fraction of sp³-hybridized carbons (Fsp3) is 0.211. The minimum absolute atomic E-state index is 0.122. The molecule has 0 unspecified atom stereocenters. The number of nitrogens with zero attached hydrogens (tertiary/aromatic N) is 3. The van der Waals surface area contributed by atoms with Crippen LogP contribution in [0, 0.1) is 0 Å². The molecule has 3 aromatic rings. The minimum Gasteiger partial charge on any atom is -0.348 e. The second-order valence-corrected chi connectivity index (χ2v) is 7.10. The summed E-state index contributed by atoms with van der Waals surface area (Å²) in [6.45, 7) is 0. The third-order valence-electron chi connectivity index (χ3n) is 3.82. The fourth-order valence-corrected chi connectivity index (χ4v) is 3.77. The first kappa shape index (κ1) is 19.2. The summed E-state index contributed by atoms with van der Waals surface area (Å²) in [5.74, 6) is -1.45. The third-order valence-corrected chi connectivity index (χ3v) is 5.06. The zero-order valence-corrected chi connectivity index (χ0v) is 15.4. The number of carbonyl (C=O) groups is 1. The van der Waals surface area contributed by atoms with E-state index >= 15 is 0 Å². The maximum absolute atomic E-state index is 13.2. The van der Waals surface area contributed by atoms with Crippen LogP contribution in [-0.2, 0) is 11.0 Å². The number of likely N-dealkylation sites (N-methyl/N-ethyl adjacent to an activating group) is 1. The summed E-state index contributed by atoms with van der Waals surface area (Å²) in [4.78, 5) is 21.5. The van der Waals surface area contributed by atoms with Crippen LogP contribution in [-0.4, -0.2) is 34.9 Å². The number of rotatable bonds is 4. The first-order chi connectivity index (χ1) is 12.8. The molecule has 0 aliphatic carbocycles. The normalized spacial score (nSPS) is 12.8. The largest absolute Gasteiger partial charge is 0.451 e. The molecule has 3 rings (SSSR count). The van der Waals surface area contributed by atoms with E-state index in [9.17, 15) is 18.0 Å². The van der Waals surface area contributed by atoms with Crippen LogP contribution in [0.5, 0.6) is 0 Å². The Bertz CT molecular complexity index is 961. The molecule has 0 bridgehead atoms. The van der Waals surface area contributed by atoms with Crippen molar-refractivity contribution in [3.8, 4) is 0 Å². The molecule has 1 atom stereocenters. The van der Waals surface area contributed by atoms with Crippen LogP contribution < -0.4 is 0 Å². The summed E-state index contributed by atoms with van der Waals surface area (Å²) in [6, 6.07) is 15.4. The van der Waals surface area contributed by atoms with Crippen molar-refractivity contribution in [1.29, 1.82) is 0 Å². The Labute approximate surface area is 158 Å². The summed E-state index contributed by atoms with van der Waals surface area (Å²) < 4.78 is 39.7. The van der Waals surface area contributed by atoms with Crippen molar-refractivity contribution in [2.45, 2.75) is 16.5 Å². The maximum Gasteiger partial charge on any atom is 0.451 e. The van der Waals surface area contributed by atoms with E-state index < -0.39 is 17.3 Å². The Hall–Kier alpha value is -2.61. The van der Waals surface area contributed by atoms with Crippen molar-refractivity contribution in [3.63, 3.8) is 0 Å². The van der Waals surface area contributed by atoms with E-state index in [-0.39, 0.29) is 16.4 Å². The Morgan fingerprint density at radius 3 is 2.26 bits per heavy atom. The Balaban J connectivity index is 2.13. The second kappa shape index (κ2) is 7.56. The van der Waals surface area contributed by atoms with Crippen LogP contribution in [0.2, 0.25) is 0 Å². The van der Waals surface area contributed by atoms with E-state index in [1.807, 2.05) is 6.07 Å². The number of hydrogen-bond donors (Lipinski definition) is 0. The first-order valence-corrected chi connectivity index (χ1v) is 8.92. The maximum atomic E-state index is 13.2. The molecule has 0 spiro atoms. The number of thioether (sulfide) groups is 1. The zero-order chi connectivity index (χ0) is 19.6. The Morgan fingerprint density at radius 2 is 1.63 bits per heavy atom. The third kappa shape index (κ3) is 4.21. The highest BCUT2D eigenvalue weighted by atomic mass is 32.2. The molecule has 0 aliphatic heterocycles. The lowest BCUT2D eigenvalue weighted by Crippen LogP contribution is -2.26. The van der Waals surface area contributed by atoms with E-state index in [2.05, 4.69) is 9.97 Å². The summed E-state index contributed by atoms with van der Waals surface area (Å²) >= 11 is 0.996. The van der Waals surface area contributed by atoms with Gasteiger partial charge in [-0.15, -0.1) is 0 Å². The van der Waals surface area contributed by atoms with Crippen LogP contribution in [0.25, 0.3) is 10.9 Å². The lowest BCUT2D eigenvalue weighted by atomic mass is 10.1. The van der Waals surface area contributed by atoms with Gasteiger partial charge in [0.15, 0.2) is 0 Å². The smallest absolute Gasteiger partial charge is 0.348 e. The average molecular weight is 391 g/mol. The molecular weight excluding hydrogens is 375 g/mol. The summed E-state index contributed by atoms with van der Waals surface area (Å²) in [6.07, 6.45) is -4.67. The van der Waals surface area contributed by atoms with Crippen LogP contribution in [0.15, 0.2) is 59.6 Å². The van der Waals surface area contributed by atoms with Gasteiger partial charge in [0.25, 0.3) is 0 Å². The molecule has 1 amide bonds. The van der Waals surface area contributed by atoms with Crippen LogP contribution in [0.1, 0.15) is 16.6 Å². The first-order valence-electron chi connectivity index (χ1n) is 8.04. The lowest BCUT2D eigenvalue weighted by Gasteiger charge is -2.21. The van der Waals surface area contributed by atoms with Crippen molar-refractivity contribution in [2.24, 2.45) is 0 Å². The second-order valence-electron chi connectivity index (χ2n) is 6.01. The van der Waals surface area contributed by atoms with Gasteiger partial charge < -0.3 is 4.90 Å². The highest BCUT2D eigenvalue weighted by Crippen LogP contribution is 2.40. The SMILES string of the molecule is CN(C)C(=O)[C@H](Sc1nc(C(F)(F)F)nc2ccccc12)c1ccccc1. The van der Waals surface area contributed by atoms with Crippen LogP contribution in [0.3, 0.4) is 0 Å². The number of alkyl halides is 3. The molecular formula is C19H16F3N3OS. The number of halogens is 3. The molecule has 8 heteroatoms. The number of aromatic nitrogens is 2. The molecule has 0 fully saturated rings. The monoisotopic (exact) mass is 391 g/mol. The van der Waals surface area contributed by atoms with Gasteiger partial charge in [0, 0.05) is 19.5 Å². The number of hydrogen-bond acceptors (Lipinski definition) is 4. The highest BCUT2D eigenvalue weighted by Gasteiger charge is 2.36. The molecule has 0 N–H and O–H groups in total. The van der Waals surface area contributed by atoms with Crippen molar-refractivity contribution < 1.29 is 18.0 Å². The van der Waals surface area contributed by atoms with Crippen molar-refractivity contribution in [1.82, 2.24) is 14.9 Å². The van der Waals surface area contributed by atoms with E-state index in [1.54, 1.807) is 56.6 Å². The predicted molar refractivity (Wildman–Crippen MR) is 98.3 cm³/mol. The number of fused-ring (bicyclic) bond motifs is 1. The van der Waals surface area contributed by atoms with Crippen molar-refractivity contribution in [3.05, 3.63) is 66.0 Å². The van der Waals surface area contributed by atoms with Crippen molar-refractivity contribution in [2.75, 3.05) is 14.1 Å². The number of para-hydroxylation sites is 1. The lowest BCUT2D eigenvalue weighted by molar-refractivity contribution is -0.145. The predicted octanol–water partition coefficient (Wildman–Crippen LogP) is 4.57. The topological polar surface area (TPSA) is 46.1 Å². The zero-order valence-electron chi connectivity index (χ0n) is 14.6. The molecule has 1 heterocycles. The van der Waals surface area contributed by atoms with E-state index in [0.29, 0.717) is 10.9 Å². The van der Waals surface area contributed by atoms with Gasteiger partial charge in [0.05, 0.1) is 5.52 Å². The highest BCUT2D eigenvalue weighted by molar-refractivity contribution is 8.00. The molecule has 2 aromatic carbocycles. The quantitative estimate of drug-likeness (QED) is 0.483. The Kier molecular flexibility index (Phi) is 5.36. The molecule has 0 aliphatic rings. The summed E-state index contributed by atoms with van der Waals surface area (Å²) in [5.41, 5.74) is 0.879. The number of amides is 1. The number of carbonyl (C=O) groups excluding carboxylic acids is 1. The molecule has 0 saturated heterocycles. The number of benzene rings is 2. The molecule has 0 saturated carbocycles. The van der Waals surface area contributed by atoms with E-state index in [1.165, 1.54) is 11.0 Å². The molecule has 0 radical (unpaired) electrons. The van der Waals surface area contributed by atoms with Gasteiger partial charge in [-0.25, -0.2) is 9.97 Å². The molecule has 4 nitrogen and oxygen atoms in total. The molecule has 140 valence electrons. The average Bonchev–Trinajstić information content (AvgIpc) is 2.65. The van der Waals surface area contributed by atoms with Gasteiger partial charge in [-0.2, -0.15) is 13.2 Å². The minimum atomic E-state index is -4.67. The van der Waals surface area contributed by atoms with E-state index in [4.69, 9.17) is 0 Å². The van der Waals surface area contributed by atoms with Gasteiger partial charge in [0.2, 0.25) is 11.7 Å². The molecule has 27 heavy (non-hydrogen) atoms. The van der Waals surface area contributed by atoms with Crippen molar-refractivity contribution >= 4 is 28.6 Å². The van der Waals surface area contributed by atoms with Gasteiger partial charge in [-0.05, 0) is 11.6 Å². The van der Waals surface area contributed by atoms with Gasteiger partial charge in [0.1, 0.15) is 10.3 Å².